The lowest BCUT2D eigenvalue weighted by molar-refractivity contribution is 0.0274. The summed E-state index contributed by atoms with van der Waals surface area (Å²) in [5, 5.41) is 1.94. The number of rotatable bonds is 26. The predicted molar refractivity (Wildman–Crippen MR) is 239 cm³/mol. The first kappa shape index (κ1) is 43.5. The SMILES string of the molecule is Cc1ccc(N=Cc2ccccc2OCCOCCOCCOc2cccc3c(OCCOCCOCCOc4ccccc4C=Nc4ccc(C)cc4)cccc23)cc1. The standard InChI is InChI=1S/C50H54N2O8/c1-39-17-21-43(22-18-39)51-37-41-9-3-5-13-47(41)57-33-29-53-25-27-55-31-35-59-49-15-7-12-46-45(49)11-8-16-50(46)60-36-32-56-28-26-54-30-34-58-48-14-6-4-10-42(48)38-52-44-23-19-40(2)20-24-44/h3-24,37-38H,25-36H2,1-2H3. The minimum absolute atomic E-state index is 0.410. The highest BCUT2D eigenvalue weighted by Gasteiger charge is 2.08. The normalized spacial score (nSPS) is 11.4. The molecule has 10 nitrogen and oxygen atoms in total. The third kappa shape index (κ3) is 14.7. The van der Waals surface area contributed by atoms with Gasteiger partial charge in [-0.3, -0.25) is 9.98 Å². The lowest BCUT2D eigenvalue weighted by Crippen LogP contribution is -2.14. The fraction of sp³-hybridized carbons (Fsp3) is 0.280. The summed E-state index contributed by atoms with van der Waals surface area (Å²) in [7, 11) is 0. The number of nitrogens with zero attached hydrogens (tertiary/aromatic N) is 2. The highest BCUT2D eigenvalue weighted by molar-refractivity contribution is 5.93. The summed E-state index contributed by atoms with van der Waals surface area (Å²) in [5.41, 5.74) is 6.03. The van der Waals surface area contributed by atoms with E-state index in [2.05, 4.69) is 23.8 Å². The first-order valence-electron chi connectivity index (χ1n) is 20.4. The lowest BCUT2D eigenvalue weighted by atomic mass is 10.1. The first-order chi connectivity index (χ1) is 29.6. The van der Waals surface area contributed by atoms with Crippen LogP contribution in [0.25, 0.3) is 10.8 Å². The van der Waals surface area contributed by atoms with Crippen LogP contribution in [-0.2, 0) is 18.9 Å². The molecule has 10 heteroatoms. The van der Waals surface area contributed by atoms with Gasteiger partial charge in [-0.1, -0.05) is 83.9 Å². The van der Waals surface area contributed by atoms with Crippen LogP contribution in [0.15, 0.2) is 143 Å². The fourth-order valence-corrected chi connectivity index (χ4v) is 5.98. The zero-order valence-corrected chi connectivity index (χ0v) is 34.5. The highest BCUT2D eigenvalue weighted by atomic mass is 16.6. The number of aryl methyl sites for hydroxylation is 2. The maximum Gasteiger partial charge on any atom is 0.128 e. The second-order valence-corrected chi connectivity index (χ2v) is 13.7. The molecular formula is C50H54N2O8. The summed E-state index contributed by atoms with van der Waals surface area (Å²) in [6.07, 6.45) is 3.65. The van der Waals surface area contributed by atoms with Gasteiger partial charge in [0, 0.05) is 34.3 Å². The van der Waals surface area contributed by atoms with Crippen LogP contribution in [0.3, 0.4) is 0 Å². The van der Waals surface area contributed by atoms with E-state index in [4.69, 9.17) is 37.9 Å². The summed E-state index contributed by atoms with van der Waals surface area (Å²) < 4.78 is 47.0. The zero-order valence-electron chi connectivity index (χ0n) is 34.5. The largest absolute Gasteiger partial charge is 0.491 e. The average molecular weight is 811 g/mol. The molecule has 6 rings (SSSR count). The third-order valence-electron chi connectivity index (χ3n) is 9.14. The fourth-order valence-electron chi connectivity index (χ4n) is 5.98. The Hall–Kier alpha value is -6.04. The summed E-state index contributed by atoms with van der Waals surface area (Å²) in [6.45, 7) is 9.40. The van der Waals surface area contributed by atoms with Crippen molar-refractivity contribution in [1.82, 2.24) is 0 Å². The Morgan fingerprint density at radius 1 is 0.333 bits per heavy atom. The van der Waals surface area contributed by atoms with Crippen LogP contribution in [0.5, 0.6) is 23.0 Å². The van der Waals surface area contributed by atoms with E-state index < -0.39 is 0 Å². The van der Waals surface area contributed by atoms with E-state index in [1.807, 2.05) is 146 Å². The van der Waals surface area contributed by atoms with Gasteiger partial charge < -0.3 is 37.9 Å². The average Bonchev–Trinajstić information content (AvgIpc) is 3.28. The second kappa shape index (κ2) is 24.8. The van der Waals surface area contributed by atoms with E-state index in [0.717, 1.165) is 56.3 Å². The molecule has 0 atom stereocenters. The topological polar surface area (TPSA) is 98.6 Å². The van der Waals surface area contributed by atoms with Gasteiger partial charge in [-0.25, -0.2) is 0 Å². The molecule has 0 aliphatic heterocycles. The molecule has 0 aliphatic rings. The first-order valence-corrected chi connectivity index (χ1v) is 20.4. The van der Waals surface area contributed by atoms with Crippen LogP contribution in [0.4, 0.5) is 11.4 Å². The van der Waals surface area contributed by atoms with Gasteiger partial charge in [0.05, 0.1) is 64.2 Å². The molecule has 0 N–H and O–H groups in total. The van der Waals surface area contributed by atoms with Crippen LogP contribution in [0.2, 0.25) is 0 Å². The Labute approximate surface area is 353 Å². The number of aliphatic imine (C=N–C) groups is 2. The Morgan fingerprint density at radius 3 is 1.03 bits per heavy atom. The van der Waals surface area contributed by atoms with E-state index in [-0.39, 0.29) is 0 Å². The smallest absolute Gasteiger partial charge is 0.128 e. The monoisotopic (exact) mass is 810 g/mol. The van der Waals surface area contributed by atoms with E-state index in [0.29, 0.717) is 79.3 Å². The van der Waals surface area contributed by atoms with Gasteiger partial charge in [0.2, 0.25) is 0 Å². The zero-order chi connectivity index (χ0) is 41.5. The molecule has 0 aliphatic carbocycles. The highest BCUT2D eigenvalue weighted by Crippen LogP contribution is 2.32. The van der Waals surface area contributed by atoms with E-state index >= 15 is 0 Å². The van der Waals surface area contributed by atoms with E-state index in [1.165, 1.54) is 11.1 Å². The third-order valence-corrected chi connectivity index (χ3v) is 9.14. The van der Waals surface area contributed by atoms with Crippen molar-refractivity contribution >= 4 is 34.6 Å². The molecule has 0 saturated carbocycles. The number of ether oxygens (including phenoxy) is 8. The Morgan fingerprint density at radius 2 is 0.650 bits per heavy atom. The van der Waals surface area contributed by atoms with Gasteiger partial charge in [0.1, 0.15) is 49.4 Å². The van der Waals surface area contributed by atoms with Crippen LogP contribution in [-0.4, -0.2) is 91.7 Å². The summed E-state index contributed by atoms with van der Waals surface area (Å²) >= 11 is 0. The molecular weight excluding hydrogens is 757 g/mol. The molecule has 0 spiro atoms. The summed E-state index contributed by atoms with van der Waals surface area (Å²) in [4.78, 5) is 9.14. The van der Waals surface area contributed by atoms with E-state index in [9.17, 15) is 0 Å². The minimum Gasteiger partial charge on any atom is -0.491 e. The Bertz CT molecular complexity index is 2070. The quantitative estimate of drug-likeness (QED) is 0.0395. The van der Waals surface area contributed by atoms with Crippen LogP contribution < -0.4 is 18.9 Å². The number of hydrogen-bond donors (Lipinski definition) is 0. The van der Waals surface area contributed by atoms with Crippen LogP contribution in [0.1, 0.15) is 22.3 Å². The summed E-state index contributed by atoms with van der Waals surface area (Å²) in [6, 6.07) is 43.7. The van der Waals surface area contributed by atoms with Gasteiger partial charge in [0.25, 0.3) is 0 Å². The Kier molecular flexibility index (Phi) is 18.0. The van der Waals surface area contributed by atoms with Crippen molar-refractivity contribution in [3.8, 4) is 23.0 Å². The second-order valence-electron chi connectivity index (χ2n) is 13.7. The van der Waals surface area contributed by atoms with Crippen molar-refractivity contribution in [2.45, 2.75) is 13.8 Å². The molecule has 312 valence electrons. The molecule has 0 aromatic heterocycles. The molecule has 0 fully saturated rings. The molecule has 0 radical (unpaired) electrons. The minimum atomic E-state index is 0.410. The van der Waals surface area contributed by atoms with Crippen molar-refractivity contribution in [3.63, 3.8) is 0 Å². The molecule has 0 saturated heterocycles. The predicted octanol–water partition coefficient (Wildman–Crippen LogP) is 9.94. The molecule has 0 amide bonds. The molecule has 0 unspecified atom stereocenters. The Balaban J connectivity index is 0.798. The number of para-hydroxylation sites is 2. The molecule has 0 heterocycles. The van der Waals surface area contributed by atoms with Gasteiger partial charge in [-0.15, -0.1) is 0 Å². The molecule has 0 bridgehead atoms. The van der Waals surface area contributed by atoms with Gasteiger partial charge >= 0.3 is 0 Å². The number of hydrogen-bond acceptors (Lipinski definition) is 10. The molecule has 60 heavy (non-hydrogen) atoms. The number of benzene rings is 6. The summed E-state index contributed by atoms with van der Waals surface area (Å²) in [5.74, 6) is 3.08. The maximum atomic E-state index is 6.09. The van der Waals surface area contributed by atoms with Crippen LogP contribution in [0, 0.1) is 13.8 Å². The van der Waals surface area contributed by atoms with Crippen molar-refractivity contribution in [3.05, 3.63) is 156 Å². The van der Waals surface area contributed by atoms with Gasteiger partial charge in [-0.2, -0.15) is 0 Å². The van der Waals surface area contributed by atoms with E-state index in [1.54, 1.807) is 0 Å². The van der Waals surface area contributed by atoms with Gasteiger partial charge in [-0.05, 0) is 74.5 Å². The van der Waals surface area contributed by atoms with Crippen molar-refractivity contribution < 1.29 is 37.9 Å². The molecule has 6 aromatic rings. The maximum absolute atomic E-state index is 6.09. The van der Waals surface area contributed by atoms with Gasteiger partial charge in [0.15, 0.2) is 0 Å². The van der Waals surface area contributed by atoms with Crippen molar-refractivity contribution in [2.75, 3.05) is 79.3 Å². The number of fused-ring (bicyclic) bond motifs is 1. The van der Waals surface area contributed by atoms with Crippen molar-refractivity contribution in [2.24, 2.45) is 9.98 Å². The van der Waals surface area contributed by atoms with Crippen LogP contribution >= 0.6 is 0 Å². The molecule has 6 aromatic carbocycles. The lowest BCUT2D eigenvalue weighted by Gasteiger charge is -2.13. The van der Waals surface area contributed by atoms with Crippen molar-refractivity contribution in [1.29, 1.82) is 0 Å².